The average molecular weight is 869 g/mol. The number of rotatable bonds is 0. The van der Waals surface area contributed by atoms with Gasteiger partial charge in [0.2, 0.25) is 0 Å². The highest BCUT2D eigenvalue weighted by Gasteiger charge is 2.37. The molecule has 4 aliphatic carbocycles. The van der Waals surface area contributed by atoms with E-state index in [1.165, 1.54) is 94.6 Å². The van der Waals surface area contributed by atoms with Crippen molar-refractivity contribution in [2.45, 2.75) is 84.0 Å². The summed E-state index contributed by atoms with van der Waals surface area (Å²) in [5.41, 5.74) is 21.6. The zero-order chi connectivity index (χ0) is 47.0. The topological polar surface area (TPSA) is 0 Å². The van der Waals surface area contributed by atoms with Gasteiger partial charge in [0.15, 0.2) is 0 Å². The van der Waals surface area contributed by atoms with Gasteiger partial charge in [0.25, 0.3) is 0 Å². The van der Waals surface area contributed by atoms with Gasteiger partial charge in [0.1, 0.15) is 0 Å². The normalized spacial score (nSPS) is 15.1. The number of aryl methyl sites for hydroxylation is 1. The molecule has 0 radical (unpaired) electrons. The van der Waals surface area contributed by atoms with E-state index in [1.54, 1.807) is 0 Å². The number of benzene rings is 4. The van der Waals surface area contributed by atoms with Crippen LogP contribution in [-0.2, 0) is 21.7 Å². The summed E-state index contributed by atoms with van der Waals surface area (Å²) in [5, 5.41) is 0. The van der Waals surface area contributed by atoms with E-state index in [4.69, 9.17) is 0 Å². The molecule has 5 aromatic rings. The second-order valence-corrected chi connectivity index (χ2v) is 20.5. The van der Waals surface area contributed by atoms with Crippen molar-refractivity contribution < 1.29 is 0 Å². The van der Waals surface area contributed by atoms with Gasteiger partial charge >= 0.3 is 0 Å². The van der Waals surface area contributed by atoms with Crippen molar-refractivity contribution in [1.82, 2.24) is 0 Å². The van der Waals surface area contributed by atoms with Crippen LogP contribution in [0.2, 0.25) is 0 Å². The zero-order valence-corrected chi connectivity index (χ0v) is 40.9. The first-order valence-corrected chi connectivity index (χ1v) is 24.0. The van der Waals surface area contributed by atoms with E-state index in [1.807, 2.05) is 0 Å². The smallest absolute Gasteiger partial charge is 0.0158 e. The Bertz CT molecular complexity index is 2990. The second-order valence-electron chi connectivity index (χ2n) is 20.5. The molecule has 0 fully saturated rings. The molecule has 0 heteroatoms. The van der Waals surface area contributed by atoms with Gasteiger partial charge in [0.05, 0.1) is 0 Å². The maximum absolute atomic E-state index is 2.35. The van der Waals surface area contributed by atoms with Crippen molar-refractivity contribution >= 4 is 0 Å². The fourth-order valence-electron chi connectivity index (χ4n) is 11.2. The molecule has 0 atom stereocenters. The van der Waals surface area contributed by atoms with Crippen LogP contribution in [0.4, 0.5) is 0 Å². The van der Waals surface area contributed by atoms with E-state index in [0.717, 1.165) is 0 Å². The van der Waals surface area contributed by atoms with Gasteiger partial charge < -0.3 is 0 Å². The molecule has 0 heterocycles. The SMILES string of the molecule is Cc1cccc2c(cccccc3c(cccccc4c(cccccc5c(ccc1)C(C)(C)c1ccccc1-5)-c1ccccc1C4(C)C)C(C)(C)c1ccccc1-3)-c1ccccc1C2(C)C. The molecule has 67 heavy (non-hydrogen) atoms. The van der Waals surface area contributed by atoms with Crippen molar-refractivity contribution in [2.75, 3.05) is 0 Å². The molecule has 0 nitrogen and oxygen atoms in total. The fraction of sp³-hybridized carbons (Fsp3) is 0.194. The van der Waals surface area contributed by atoms with Crippen LogP contribution in [0.15, 0.2) is 224 Å². The minimum atomic E-state index is -0.138. The summed E-state index contributed by atoms with van der Waals surface area (Å²) in [7, 11) is 0. The molecule has 5 aromatic carbocycles. The molecular weight excluding hydrogens is 805 g/mol. The van der Waals surface area contributed by atoms with Gasteiger partial charge in [-0.3, -0.25) is 0 Å². The standard InChI is InChI=1S/C67H64/c1-47-29-27-45-62-50(54-37-21-25-43-60(54)66(62,6)7)33-15-10-13-31-48-52-35-19-23-41-58(52)64(2,3)56(48)39-17-12-18-40-57-49(53-36-20-24-42-59(53)65(57,4)5)32-14-11-16-34-51-55-38-22-26-44-61(55)67(8,9)63(51)46-28-30-47/h10-46H,1-9H3. The number of hydrogen-bond donors (Lipinski definition) is 0. The quantitative estimate of drug-likeness (QED) is 0.145. The molecule has 4 aliphatic rings. The lowest BCUT2D eigenvalue weighted by Crippen LogP contribution is -2.14. The van der Waals surface area contributed by atoms with Crippen molar-refractivity contribution in [3.63, 3.8) is 0 Å². The van der Waals surface area contributed by atoms with E-state index in [-0.39, 0.29) is 21.7 Å². The monoisotopic (exact) mass is 869 g/mol. The zero-order valence-electron chi connectivity index (χ0n) is 40.9. The summed E-state index contributed by atoms with van der Waals surface area (Å²) < 4.78 is 0. The van der Waals surface area contributed by atoms with Crippen LogP contribution in [0.1, 0.15) is 105 Å². The summed E-state index contributed by atoms with van der Waals surface area (Å²) in [6, 6.07) is 82.7. The van der Waals surface area contributed by atoms with Crippen molar-refractivity contribution in [3.8, 4) is 44.5 Å². The Kier molecular flexibility index (Phi) is 12.1. The average Bonchev–Trinajstić information content (AvgIpc) is 3.85. The highest BCUT2D eigenvalue weighted by Crippen LogP contribution is 2.51. The van der Waals surface area contributed by atoms with Crippen molar-refractivity contribution in [1.29, 1.82) is 0 Å². The first-order chi connectivity index (χ1) is 32.2. The fourth-order valence-corrected chi connectivity index (χ4v) is 11.2. The lowest BCUT2D eigenvalue weighted by Gasteiger charge is -2.20. The van der Waals surface area contributed by atoms with Gasteiger partial charge in [0, 0.05) is 21.7 Å². The van der Waals surface area contributed by atoms with Crippen LogP contribution in [-0.4, -0.2) is 0 Å². The molecule has 0 amide bonds. The first kappa shape index (κ1) is 45.1. The third-order valence-corrected chi connectivity index (χ3v) is 14.9. The first-order valence-electron chi connectivity index (χ1n) is 24.0. The molecule has 0 spiro atoms. The van der Waals surface area contributed by atoms with Crippen LogP contribution in [0.3, 0.4) is 0 Å². The van der Waals surface area contributed by atoms with E-state index in [2.05, 4.69) is 287 Å². The Morgan fingerprint density at radius 3 is 0.537 bits per heavy atom. The lowest BCUT2D eigenvalue weighted by atomic mass is 9.83. The van der Waals surface area contributed by atoms with E-state index in [9.17, 15) is 0 Å². The number of hydrogen-bond acceptors (Lipinski definition) is 0. The van der Waals surface area contributed by atoms with Crippen molar-refractivity contribution in [3.05, 3.63) is 275 Å². The molecule has 0 unspecified atom stereocenters. The van der Waals surface area contributed by atoms with Gasteiger partial charge in [-0.05, 0) is 95.9 Å². The third-order valence-electron chi connectivity index (χ3n) is 14.9. The second kappa shape index (κ2) is 18.0. The maximum Gasteiger partial charge on any atom is 0.0158 e. The van der Waals surface area contributed by atoms with E-state index < -0.39 is 0 Å². The molecule has 0 aromatic heterocycles. The van der Waals surface area contributed by atoms with Gasteiger partial charge in [-0.1, -0.05) is 285 Å². The molecule has 0 saturated carbocycles. The summed E-state index contributed by atoms with van der Waals surface area (Å²) >= 11 is 0. The van der Waals surface area contributed by atoms with E-state index >= 15 is 0 Å². The maximum atomic E-state index is 2.35. The summed E-state index contributed by atoms with van der Waals surface area (Å²) in [6.45, 7) is 21.0. The van der Waals surface area contributed by atoms with E-state index in [0.29, 0.717) is 0 Å². The van der Waals surface area contributed by atoms with Crippen LogP contribution in [0.5, 0.6) is 0 Å². The highest BCUT2D eigenvalue weighted by atomic mass is 14.4. The molecule has 0 bridgehead atoms. The highest BCUT2D eigenvalue weighted by molar-refractivity contribution is 5.83. The van der Waals surface area contributed by atoms with Crippen LogP contribution < -0.4 is 0 Å². The summed E-state index contributed by atoms with van der Waals surface area (Å²) in [4.78, 5) is 0. The number of fused-ring (bicyclic) bond motifs is 12. The molecule has 332 valence electrons. The third kappa shape index (κ3) is 8.18. The molecule has 0 N–H and O–H groups in total. The van der Waals surface area contributed by atoms with Gasteiger partial charge in [-0.2, -0.15) is 0 Å². The summed E-state index contributed by atoms with van der Waals surface area (Å²) in [5.74, 6) is 0. The van der Waals surface area contributed by atoms with Gasteiger partial charge in [-0.15, -0.1) is 0 Å². The molecule has 0 saturated heterocycles. The summed E-state index contributed by atoms with van der Waals surface area (Å²) in [6.07, 6.45) is 0. The molecule has 0 aliphatic heterocycles. The predicted octanol–water partition coefficient (Wildman–Crippen LogP) is 18.0. The minimum Gasteiger partial charge on any atom is -0.0622 e. The predicted molar refractivity (Wildman–Crippen MR) is 287 cm³/mol. The molecular formula is C67H64. The lowest BCUT2D eigenvalue weighted by molar-refractivity contribution is 0.660. The Balaban J connectivity index is 1.26. The Morgan fingerprint density at radius 1 is 0.179 bits per heavy atom. The largest absolute Gasteiger partial charge is 0.0622 e. The van der Waals surface area contributed by atoms with Gasteiger partial charge in [-0.25, -0.2) is 0 Å². The van der Waals surface area contributed by atoms with Crippen LogP contribution in [0.25, 0.3) is 44.5 Å². The Labute approximate surface area is 401 Å². The Morgan fingerprint density at radius 2 is 0.328 bits per heavy atom. The molecule has 9 rings (SSSR count). The minimum absolute atomic E-state index is 0.131. The van der Waals surface area contributed by atoms with Crippen LogP contribution >= 0.6 is 0 Å². The van der Waals surface area contributed by atoms with Crippen molar-refractivity contribution in [2.24, 2.45) is 0 Å². The van der Waals surface area contributed by atoms with Crippen LogP contribution in [0, 0.1) is 6.92 Å². The Hall–Kier alpha value is -7.02.